The van der Waals surface area contributed by atoms with Crippen molar-refractivity contribution in [3.63, 3.8) is 0 Å². The number of amides is 11. The number of carboxylic acid groups (broad SMARTS) is 4. The van der Waals surface area contributed by atoms with E-state index in [1.54, 1.807) is 20.8 Å². The normalized spacial score (nSPS) is 15.5. The van der Waals surface area contributed by atoms with Gasteiger partial charge in [0.25, 0.3) is 0 Å². The third-order valence-corrected chi connectivity index (χ3v) is 11.5. The molecule has 0 aliphatic carbocycles. The van der Waals surface area contributed by atoms with Crippen LogP contribution in [-0.2, 0) is 71.9 Å². The average molecular weight is 1130 g/mol. The van der Waals surface area contributed by atoms with E-state index in [2.05, 4.69) is 37.2 Å². The van der Waals surface area contributed by atoms with Crippen LogP contribution < -0.4 is 58.9 Å². The summed E-state index contributed by atoms with van der Waals surface area (Å²) in [6.07, 6.45) is -6.45. The third-order valence-electron chi connectivity index (χ3n) is 11.5. The lowest BCUT2D eigenvalue weighted by atomic mass is 9.96. The first kappa shape index (κ1) is 70.9. The van der Waals surface area contributed by atoms with Gasteiger partial charge in [-0.05, 0) is 51.4 Å². The fourth-order valence-corrected chi connectivity index (χ4v) is 6.98. The van der Waals surface area contributed by atoms with E-state index in [-0.39, 0.29) is 18.8 Å². The minimum Gasteiger partial charge on any atom is -0.481 e. The number of primary amides is 1. The number of carboxylic acids is 4. The third kappa shape index (κ3) is 27.2. The fraction of sp³-hybridized carbons (Fsp3) is 0.674. The van der Waals surface area contributed by atoms with Crippen LogP contribution in [0.25, 0.3) is 0 Å². The zero-order chi connectivity index (χ0) is 61.0. The largest absolute Gasteiger partial charge is 0.481 e. The Morgan fingerprint density at radius 1 is 0.418 bits per heavy atom. The Labute approximate surface area is 452 Å². The monoisotopic (exact) mass is 1130 g/mol. The number of carbonyl (C=O) groups excluding carboxylic acids is 11. The van der Waals surface area contributed by atoms with Gasteiger partial charge >= 0.3 is 23.9 Å². The number of nitrogens with two attached hydrogens (primary N) is 1. The maximum Gasteiger partial charge on any atom is 0.305 e. The Morgan fingerprint density at radius 3 is 1.18 bits per heavy atom. The van der Waals surface area contributed by atoms with Gasteiger partial charge in [0.1, 0.15) is 60.4 Å². The lowest BCUT2D eigenvalue weighted by molar-refractivity contribution is -0.142. The number of carbonyl (C=O) groups is 15. The molecule has 0 bridgehead atoms. The van der Waals surface area contributed by atoms with Crippen molar-refractivity contribution in [2.45, 2.75) is 173 Å². The number of hydrogen-bond acceptors (Lipinski definition) is 18. The van der Waals surface area contributed by atoms with Crippen molar-refractivity contribution >= 4 is 88.9 Å². The van der Waals surface area contributed by atoms with E-state index in [1.807, 2.05) is 16.0 Å². The molecule has 0 radical (unpaired) electrons. The molecule has 0 spiro atoms. The number of nitrogens with one attached hydrogen (secondary N) is 10. The van der Waals surface area contributed by atoms with Crippen molar-refractivity contribution in [3.05, 3.63) is 0 Å². The predicted molar refractivity (Wildman–Crippen MR) is 267 cm³/mol. The lowest BCUT2D eigenvalue weighted by Gasteiger charge is -2.30. The highest BCUT2D eigenvalue weighted by Crippen LogP contribution is 2.13. The van der Waals surface area contributed by atoms with Crippen molar-refractivity contribution < 1.29 is 108 Å². The van der Waals surface area contributed by atoms with Crippen molar-refractivity contribution in [3.8, 4) is 0 Å². The van der Waals surface area contributed by atoms with Crippen LogP contribution in [0.4, 0.5) is 0 Å². The molecule has 19 N–H and O–H groups in total. The number of aliphatic hydroxyl groups is 3. The molecular formula is C46H75N11O22. The van der Waals surface area contributed by atoms with Crippen LogP contribution in [0.3, 0.4) is 0 Å². The van der Waals surface area contributed by atoms with Crippen molar-refractivity contribution in [2.75, 3.05) is 13.2 Å². The highest BCUT2D eigenvalue weighted by atomic mass is 16.4. The molecule has 33 nitrogen and oxygen atoms in total. The summed E-state index contributed by atoms with van der Waals surface area (Å²) in [6, 6.07) is -17.3. The summed E-state index contributed by atoms with van der Waals surface area (Å²) < 4.78 is 0. The topological polar surface area (TPSA) is 544 Å². The molecule has 12 atom stereocenters. The van der Waals surface area contributed by atoms with Gasteiger partial charge in [-0.1, -0.05) is 34.1 Å². The van der Waals surface area contributed by atoms with Gasteiger partial charge in [-0.15, -0.1) is 0 Å². The van der Waals surface area contributed by atoms with Crippen LogP contribution in [-0.4, -0.2) is 204 Å². The highest BCUT2D eigenvalue weighted by Gasteiger charge is 2.37. The van der Waals surface area contributed by atoms with Crippen molar-refractivity contribution in [1.29, 1.82) is 0 Å². The van der Waals surface area contributed by atoms with Crippen molar-refractivity contribution in [1.82, 2.24) is 53.2 Å². The number of aliphatic hydroxyl groups excluding tert-OH is 3. The molecule has 0 aromatic carbocycles. The van der Waals surface area contributed by atoms with E-state index < -0.39 is 219 Å². The Morgan fingerprint density at radius 2 is 0.772 bits per heavy atom. The minimum absolute atomic E-state index is 0.0949. The molecule has 0 rings (SSSR count). The summed E-state index contributed by atoms with van der Waals surface area (Å²) in [5.74, 6) is -19.5. The molecule has 0 unspecified atom stereocenters. The summed E-state index contributed by atoms with van der Waals surface area (Å²) in [4.78, 5) is 190. The molecule has 0 aliphatic heterocycles. The molecule has 0 heterocycles. The smallest absolute Gasteiger partial charge is 0.305 e. The van der Waals surface area contributed by atoms with Crippen LogP contribution in [0.15, 0.2) is 0 Å². The maximum atomic E-state index is 13.8. The summed E-state index contributed by atoms with van der Waals surface area (Å²) in [5, 5.41) is 89.5. The van der Waals surface area contributed by atoms with Crippen LogP contribution in [0, 0.1) is 11.8 Å². The van der Waals surface area contributed by atoms with E-state index in [1.165, 1.54) is 20.8 Å². The van der Waals surface area contributed by atoms with E-state index in [0.29, 0.717) is 0 Å². The molecule has 446 valence electrons. The quantitative estimate of drug-likeness (QED) is 0.0273. The summed E-state index contributed by atoms with van der Waals surface area (Å²) >= 11 is 0. The summed E-state index contributed by atoms with van der Waals surface area (Å²) in [7, 11) is 0. The first-order valence-corrected chi connectivity index (χ1v) is 24.8. The SMILES string of the molecule is CC[C@H](C)[C@H](NC(=O)[C@@H](NC(=O)[C@H](CC(C)C)NC(C)=O)[C@@H](C)O)C(=O)N[C@@H](CCC(=O)O)C(=O)N[C@@H](CO)C(=O)N[C@@H](C)C(=O)N[C@@H](CO)C(=O)N[C@@H](CC(=O)O)C(=O)N[C@@H](CCC(=O)O)C(=O)N[C@@H](CCC(=O)O)C(N)=O. The van der Waals surface area contributed by atoms with Crippen LogP contribution in [0.2, 0.25) is 0 Å². The van der Waals surface area contributed by atoms with E-state index in [4.69, 9.17) is 10.8 Å². The van der Waals surface area contributed by atoms with Crippen LogP contribution in [0.1, 0.15) is 106 Å². The molecule has 0 aromatic heterocycles. The first-order chi connectivity index (χ1) is 36.7. The second-order valence-corrected chi connectivity index (χ2v) is 18.7. The molecule has 11 amide bonds. The number of hydrogen-bond donors (Lipinski definition) is 18. The summed E-state index contributed by atoms with van der Waals surface area (Å²) in [6.45, 7) is 7.63. The maximum absolute atomic E-state index is 13.8. The number of rotatable bonds is 38. The number of aliphatic carboxylic acids is 4. The standard InChI is InChI=1S/C46H75N11O22/c1-8-20(4)35(56-46(79)36(22(6)60)57-42(75)27(15-19(2)3)49-23(7)61)45(78)52-26(11-14-33(66)67)40(73)55-29(17-58)43(76)48-21(5)38(71)54-30(18-59)44(77)53-28(16-34(68)69)41(74)51-25(10-13-32(64)65)39(72)50-24(37(47)70)9-12-31(62)63/h19-22,24-30,35-36,58-60H,8-18H2,1-7H3,(H2,47,70)(H,48,76)(H,49,61)(H,50,72)(H,51,74)(H,52,78)(H,53,77)(H,54,71)(H,55,73)(H,56,79)(H,57,75)(H,62,63)(H,64,65)(H,66,67)(H,68,69)/t20-,21-,22+,24-,25-,26-,27-,28-,29-,30-,35-,36-/m0/s1. The molecule has 0 saturated heterocycles. The average Bonchev–Trinajstić information content (AvgIpc) is 3.34. The second-order valence-electron chi connectivity index (χ2n) is 18.7. The molecule has 0 aliphatic rings. The Bertz CT molecular complexity index is 2210. The Hall–Kier alpha value is -8.07. The fourth-order valence-electron chi connectivity index (χ4n) is 6.98. The van der Waals surface area contributed by atoms with Gasteiger partial charge in [-0.3, -0.25) is 71.9 Å². The molecule has 0 aromatic rings. The predicted octanol–water partition coefficient (Wildman–Crippen LogP) is -7.11. The molecule has 0 fully saturated rings. The van der Waals surface area contributed by atoms with Crippen LogP contribution >= 0.6 is 0 Å². The minimum atomic E-state index is -2.11. The van der Waals surface area contributed by atoms with Gasteiger partial charge in [0, 0.05) is 26.2 Å². The second kappa shape index (κ2) is 35.4. The zero-order valence-electron chi connectivity index (χ0n) is 44.6. The lowest BCUT2D eigenvalue weighted by Crippen LogP contribution is -2.62. The molecular weight excluding hydrogens is 1060 g/mol. The van der Waals surface area contributed by atoms with Crippen molar-refractivity contribution in [2.24, 2.45) is 17.6 Å². The summed E-state index contributed by atoms with van der Waals surface area (Å²) in [5.41, 5.74) is 5.22. The van der Waals surface area contributed by atoms with Gasteiger partial charge < -0.3 is 94.6 Å². The van der Waals surface area contributed by atoms with Gasteiger partial charge in [-0.2, -0.15) is 0 Å². The van der Waals surface area contributed by atoms with Gasteiger partial charge in [0.2, 0.25) is 65.0 Å². The highest BCUT2D eigenvalue weighted by molar-refractivity contribution is 5.99. The Kier molecular flexibility index (Phi) is 31.8. The van der Waals surface area contributed by atoms with E-state index in [0.717, 1.165) is 6.92 Å². The first-order valence-electron chi connectivity index (χ1n) is 24.8. The molecule has 0 saturated carbocycles. The van der Waals surface area contributed by atoms with Gasteiger partial charge in [0.15, 0.2) is 0 Å². The van der Waals surface area contributed by atoms with E-state index in [9.17, 15) is 103 Å². The zero-order valence-corrected chi connectivity index (χ0v) is 44.6. The molecule has 79 heavy (non-hydrogen) atoms. The van der Waals surface area contributed by atoms with Gasteiger partial charge in [-0.25, -0.2) is 0 Å². The Balaban J connectivity index is 6.30. The van der Waals surface area contributed by atoms with Crippen LogP contribution in [0.5, 0.6) is 0 Å². The van der Waals surface area contributed by atoms with Gasteiger partial charge in [0.05, 0.1) is 25.7 Å². The molecule has 33 heteroatoms. The van der Waals surface area contributed by atoms with E-state index >= 15 is 0 Å².